The number of nitrogens with one attached hydrogen (secondary N) is 1. The molecule has 1 aromatic rings. The molecular formula is C14H21N2O3+. The molecule has 0 bridgehead atoms. The molecule has 1 rings (SSSR count). The molecule has 1 heterocycles. The van der Waals surface area contributed by atoms with E-state index in [2.05, 4.69) is 12.2 Å². The zero-order valence-electron chi connectivity index (χ0n) is 11.3. The Morgan fingerprint density at radius 3 is 2.79 bits per heavy atom. The summed E-state index contributed by atoms with van der Waals surface area (Å²) in [5.74, 6) is -1.08. The Balaban J connectivity index is 2.35. The van der Waals surface area contributed by atoms with Crippen LogP contribution in [0.2, 0.25) is 0 Å². The lowest BCUT2D eigenvalue weighted by molar-refractivity contribution is -0.684. The molecule has 0 spiro atoms. The fraction of sp³-hybridized carbons (Fsp3) is 0.500. The minimum absolute atomic E-state index is 0.0935. The van der Waals surface area contributed by atoms with Gasteiger partial charge in [0.1, 0.15) is 5.56 Å². The van der Waals surface area contributed by atoms with E-state index in [4.69, 9.17) is 5.11 Å². The van der Waals surface area contributed by atoms with Gasteiger partial charge >= 0.3 is 5.97 Å². The first kappa shape index (κ1) is 15.1. The molecule has 5 nitrogen and oxygen atoms in total. The van der Waals surface area contributed by atoms with E-state index in [1.807, 2.05) is 0 Å². The van der Waals surface area contributed by atoms with Gasteiger partial charge in [0.15, 0.2) is 12.4 Å². The number of hydrogen-bond acceptors (Lipinski definition) is 2. The first-order valence-corrected chi connectivity index (χ1v) is 6.62. The van der Waals surface area contributed by atoms with Crippen molar-refractivity contribution in [3.8, 4) is 0 Å². The number of pyridine rings is 1. The van der Waals surface area contributed by atoms with Crippen LogP contribution in [0.5, 0.6) is 0 Å². The number of carbonyl (C=O) groups excluding carboxylic acids is 1. The Hall–Kier alpha value is -1.91. The molecule has 104 valence electrons. The lowest BCUT2D eigenvalue weighted by Gasteiger charge is -2.03. The summed E-state index contributed by atoms with van der Waals surface area (Å²) in [5, 5.41) is 11.7. The molecule has 0 saturated carbocycles. The molecule has 1 aromatic heterocycles. The SMILES string of the molecule is CCCCCCNC(=O)C[n+]1cccc(C(=O)O)c1. The van der Waals surface area contributed by atoms with Crippen LogP contribution in [0.4, 0.5) is 0 Å². The number of carboxylic acid groups (broad SMARTS) is 1. The van der Waals surface area contributed by atoms with Crippen LogP contribution < -0.4 is 9.88 Å². The summed E-state index contributed by atoms with van der Waals surface area (Å²) < 4.78 is 1.57. The Kier molecular flexibility index (Phi) is 6.57. The van der Waals surface area contributed by atoms with E-state index >= 15 is 0 Å². The Morgan fingerprint density at radius 2 is 2.11 bits per heavy atom. The summed E-state index contributed by atoms with van der Waals surface area (Å²) in [4.78, 5) is 22.4. The molecule has 0 aliphatic heterocycles. The van der Waals surface area contributed by atoms with E-state index in [0.717, 1.165) is 12.8 Å². The number of nitrogens with zero attached hydrogens (tertiary/aromatic N) is 1. The number of amides is 1. The predicted molar refractivity (Wildman–Crippen MR) is 70.7 cm³/mol. The summed E-state index contributed by atoms with van der Waals surface area (Å²) in [7, 11) is 0. The summed E-state index contributed by atoms with van der Waals surface area (Å²) in [5.41, 5.74) is 0.179. The molecule has 0 aliphatic rings. The van der Waals surface area contributed by atoms with Gasteiger partial charge in [0.25, 0.3) is 5.91 Å². The van der Waals surface area contributed by atoms with Crippen LogP contribution in [0.3, 0.4) is 0 Å². The zero-order chi connectivity index (χ0) is 14.1. The van der Waals surface area contributed by atoms with Crippen LogP contribution in [0.25, 0.3) is 0 Å². The van der Waals surface area contributed by atoms with Crippen molar-refractivity contribution in [2.45, 2.75) is 39.2 Å². The minimum Gasteiger partial charge on any atom is -0.477 e. The number of rotatable bonds is 8. The highest BCUT2D eigenvalue weighted by atomic mass is 16.4. The quantitative estimate of drug-likeness (QED) is 0.551. The summed E-state index contributed by atoms with van der Waals surface area (Å²) in [6.45, 7) is 2.97. The third kappa shape index (κ3) is 5.99. The molecule has 19 heavy (non-hydrogen) atoms. The molecule has 2 N–H and O–H groups in total. The Bertz CT molecular complexity index is 432. The second-order valence-electron chi connectivity index (χ2n) is 4.48. The second-order valence-corrected chi connectivity index (χ2v) is 4.48. The number of hydrogen-bond donors (Lipinski definition) is 2. The molecule has 0 aliphatic carbocycles. The van der Waals surface area contributed by atoms with Crippen molar-refractivity contribution in [1.29, 1.82) is 0 Å². The van der Waals surface area contributed by atoms with Crippen molar-refractivity contribution in [2.24, 2.45) is 0 Å². The van der Waals surface area contributed by atoms with Crippen molar-refractivity contribution >= 4 is 11.9 Å². The average Bonchev–Trinajstić information content (AvgIpc) is 2.38. The highest BCUT2D eigenvalue weighted by molar-refractivity contribution is 5.86. The third-order valence-electron chi connectivity index (χ3n) is 2.78. The lowest BCUT2D eigenvalue weighted by Crippen LogP contribution is -2.43. The second kappa shape index (κ2) is 8.24. The normalized spacial score (nSPS) is 10.2. The monoisotopic (exact) mass is 265 g/mol. The van der Waals surface area contributed by atoms with Gasteiger partial charge in [-0.2, -0.15) is 4.57 Å². The average molecular weight is 265 g/mol. The van der Waals surface area contributed by atoms with E-state index in [1.165, 1.54) is 25.1 Å². The number of aromatic carboxylic acids is 1. The molecule has 0 fully saturated rings. The van der Waals surface area contributed by atoms with Gasteiger partial charge in [0, 0.05) is 12.6 Å². The molecule has 0 unspecified atom stereocenters. The van der Waals surface area contributed by atoms with Gasteiger partial charge in [0.2, 0.25) is 6.54 Å². The molecule has 1 amide bonds. The largest absolute Gasteiger partial charge is 0.477 e. The predicted octanol–water partition coefficient (Wildman–Crippen LogP) is 1.37. The van der Waals surface area contributed by atoms with Crippen LogP contribution in [0, 0.1) is 0 Å². The highest BCUT2D eigenvalue weighted by Gasteiger charge is 2.12. The van der Waals surface area contributed by atoms with Crippen LogP contribution in [0.15, 0.2) is 24.5 Å². The molecule has 0 saturated heterocycles. The number of unbranched alkanes of at least 4 members (excludes halogenated alkanes) is 3. The first-order valence-electron chi connectivity index (χ1n) is 6.62. The smallest absolute Gasteiger partial charge is 0.341 e. The molecule has 0 atom stereocenters. The minimum atomic E-state index is -0.991. The number of aromatic nitrogens is 1. The fourth-order valence-corrected chi connectivity index (χ4v) is 1.75. The maximum atomic E-state index is 11.6. The van der Waals surface area contributed by atoms with Crippen LogP contribution in [-0.2, 0) is 11.3 Å². The maximum Gasteiger partial charge on any atom is 0.341 e. The van der Waals surface area contributed by atoms with Crippen molar-refractivity contribution in [3.63, 3.8) is 0 Å². The Morgan fingerprint density at radius 1 is 1.32 bits per heavy atom. The summed E-state index contributed by atoms with van der Waals surface area (Å²) in [6, 6.07) is 3.12. The van der Waals surface area contributed by atoms with Gasteiger partial charge in [-0.25, -0.2) is 4.79 Å². The zero-order valence-corrected chi connectivity index (χ0v) is 11.3. The van der Waals surface area contributed by atoms with Crippen LogP contribution in [-0.4, -0.2) is 23.5 Å². The maximum absolute atomic E-state index is 11.6. The first-order chi connectivity index (χ1) is 9.13. The van der Waals surface area contributed by atoms with Crippen molar-refractivity contribution in [1.82, 2.24) is 5.32 Å². The van der Waals surface area contributed by atoms with E-state index in [1.54, 1.807) is 16.8 Å². The van der Waals surface area contributed by atoms with E-state index in [-0.39, 0.29) is 18.0 Å². The molecule has 0 aromatic carbocycles. The highest BCUT2D eigenvalue weighted by Crippen LogP contribution is 1.97. The standard InChI is InChI=1S/C14H20N2O3/c1-2-3-4-5-8-15-13(17)11-16-9-6-7-12(10-16)14(18)19/h6-7,9-10H,2-5,8,11H2,1H3,(H-,15,17,18,19)/p+1. The molecular weight excluding hydrogens is 244 g/mol. The summed E-state index contributed by atoms with van der Waals surface area (Å²) >= 11 is 0. The number of carbonyl (C=O) groups is 2. The van der Waals surface area contributed by atoms with Crippen LogP contribution >= 0.6 is 0 Å². The van der Waals surface area contributed by atoms with E-state index < -0.39 is 5.97 Å². The lowest BCUT2D eigenvalue weighted by atomic mass is 10.2. The van der Waals surface area contributed by atoms with Crippen LogP contribution in [0.1, 0.15) is 43.0 Å². The van der Waals surface area contributed by atoms with Gasteiger partial charge in [-0.15, -0.1) is 0 Å². The number of carboxylic acids is 1. The van der Waals surface area contributed by atoms with Gasteiger partial charge in [-0.05, 0) is 12.5 Å². The van der Waals surface area contributed by atoms with Crippen molar-refractivity contribution in [2.75, 3.05) is 6.54 Å². The Labute approximate surface area is 113 Å². The van der Waals surface area contributed by atoms with E-state index in [9.17, 15) is 9.59 Å². The topological polar surface area (TPSA) is 70.3 Å². The fourth-order valence-electron chi connectivity index (χ4n) is 1.75. The van der Waals surface area contributed by atoms with Crippen molar-refractivity contribution < 1.29 is 19.3 Å². The molecule has 5 heteroatoms. The summed E-state index contributed by atoms with van der Waals surface area (Å²) in [6.07, 6.45) is 7.61. The van der Waals surface area contributed by atoms with Gasteiger partial charge < -0.3 is 10.4 Å². The molecule has 0 radical (unpaired) electrons. The van der Waals surface area contributed by atoms with Crippen molar-refractivity contribution in [3.05, 3.63) is 30.1 Å². The van der Waals surface area contributed by atoms with Gasteiger partial charge in [0.05, 0.1) is 0 Å². The van der Waals surface area contributed by atoms with E-state index in [0.29, 0.717) is 6.54 Å². The van der Waals surface area contributed by atoms with Gasteiger partial charge in [-0.1, -0.05) is 26.2 Å². The third-order valence-corrected chi connectivity index (χ3v) is 2.78. The van der Waals surface area contributed by atoms with Gasteiger partial charge in [-0.3, -0.25) is 4.79 Å².